The first-order chi connectivity index (χ1) is 9.17. The van der Waals surface area contributed by atoms with E-state index in [2.05, 4.69) is 19.1 Å². The van der Waals surface area contributed by atoms with Gasteiger partial charge in [0.1, 0.15) is 5.75 Å². The molecule has 3 heteroatoms. The minimum atomic E-state index is -0.392. The lowest BCUT2D eigenvalue weighted by atomic mass is 9.99. The zero-order valence-electron chi connectivity index (χ0n) is 12.1. The van der Waals surface area contributed by atoms with E-state index in [9.17, 15) is 0 Å². The molecule has 0 N–H and O–H groups in total. The largest absolute Gasteiger partial charge is 0.494 e. The van der Waals surface area contributed by atoms with E-state index >= 15 is 0 Å². The number of hydrogen-bond acceptors (Lipinski definition) is 3. The van der Waals surface area contributed by atoms with E-state index in [4.69, 9.17) is 14.2 Å². The fourth-order valence-corrected chi connectivity index (χ4v) is 2.44. The Morgan fingerprint density at radius 1 is 1.16 bits per heavy atom. The SMILES string of the molecule is CCC[C@]1(C)OC[C@@H](c2ccc(OCC)cc2)CO1. The number of benzene rings is 1. The molecule has 0 aliphatic carbocycles. The molecule has 0 unspecified atom stereocenters. The highest BCUT2D eigenvalue weighted by Crippen LogP contribution is 2.31. The van der Waals surface area contributed by atoms with Gasteiger partial charge in [0, 0.05) is 12.3 Å². The molecule has 1 aliphatic rings. The maximum absolute atomic E-state index is 5.90. The summed E-state index contributed by atoms with van der Waals surface area (Å²) in [5, 5.41) is 0. The van der Waals surface area contributed by atoms with Gasteiger partial charge in [-0.25, -0.2) is 0 Å². The number of ether oxygens (including phenoxy) is 3. The van der Waals surface area contributed by atoms with E-state index in [1.165, 1.54) is 5.56 Å². The summed E-state index contributed by atoms with van der Waals surface area (Å²) >= 11 is 0. The second-order valence-corrected chi connectivity index (χ2v) is 5.20. The van der Waals surface area contributed by atoms with Crippen molar-refractivity contribution >= 4 is 0 Å². The van der Waals surface area contributed by atoms with Crippen molar-refractivity contribution in [2.75, 3.05) is 19.8 Å². The predicted octanol–water partition coefficient (Wildman–Crippen LogP) is 3.73. The van der Waals surface area contributed by atoms with Crippen molar-refractivity contribution in [3.8, 4) is 5.75 Å². The third-order valence-corrected chi connectivity index (χ3v) is 3.55. The van der Waals surface area contributed by atoms with Gasteiger partial charge >= 0.3 is 0 Å². The standard InChI is InChI=1S/C16H24O3/c1-4-10-16(3)18-11-14(12-19-16)13-6-8-15(9-7-13)17-5-2/h6-9,14H,4-5,10-12H2,1-3H3/t14-,16-. The van der Waals surface area contributed by atoms with E-state index in [1.807, 2.05) is 26.0 Å². The predicted molar refractivity (Wildman–Crippen MR) is 75.6 cm³/mol. The molecule has 1 aromatic rings. The second-order valence-electron chi connectivity index (χ2n) is 5.20. The van der Waals surface area contributed by atoms with Crippen LogP contribution in [0.5, 0.6) is 5.75 Å². The fraction of sp³-hybridized carbons (Fsp3) is 0.625. The molecule has 106 valence electrons. The van der Waals surface area contributed by atoms with Gasteiger partial charge in [-0.1, -0.05) is 25.5 Å². The molecule has 3 nitrogen and oxygen atoms in total. The van der Waals surface area contributed by atoms with Crippen LogP contribution in [-0.4, -0.2) is 25.6 Å². The van der Waals surface area contributed by atoms with Crippen LogP contribution in [0.4, 0.5) is 0 Å². The zero-order valence-corrected chi connectivity index (χ0v) is 12.1. The van der Waals surface area contributed by atoms with Gasteiger partial charge in [-0.3, -0.25) is 0 Å². The average Bonchev–Trinajstić information content (AvgIpc) is 2.41. The Morgan fingerprint density at radius 3 is 2.32 bits per heavy atom. The van der Waals surface area contributed by atoms with Crippen LogP contribution in [0, 0.1) is 0 Å². The molecule has 19 heavy (non-hydrogen) atoms. The van der Waals surface area contributed by atoms with E-state index in [-0.39, 0.29) is 0 Å². The van der Waals surface area contributed by atoms with E-state index in [0.29, 0.717) is 12.5 Å². The molecule has 1 heterocycles. The highest BCUT2D eigenvalue weighted by atomic mass is 16.7. The van der Waals surface area contributed by atoms with Crippen LogP contribution in [0.15, 0.2) is 24.3 Å². The van der Waals surface area contributed by atoms with Crippen LogP contribution < -0.4 is 4.74 Å². The molecule has 1 fully saturated rings. The topological polar surface area (TPSA) is 27.7 Å². The molecular weight excluding hydrogens is 240 g/mol. The molecule has 1 saturated heterocycles. The summed E-state index contributed by atoms with van der Waals surface area (Å²) in [6, 6.07) is 8.23. The third kappa shape index (κ3) is 3.71. The number of hydrogen-bond donors (Lipinski definition) is 0. The summed E-state index contributed by atoms with van der Waals surface area (Å²) in [5.74, 6) is 0.844. The maximum atomic E-state index is 5.90. The highest BCUT2D eigenvalue weighted by molar-refractivity contribution is 5.29. The van der Waals surface area contributed by atoms with Crippen LogP contribution in [0.3, 0.4) is 0 Å². The Labute approximate surface area is 115 Å². The van der Waals surface area contributed by atoms with Crippen molar-refractivity contribution in [2.24, 2.45) is 0 Å². The van der Waals surface area contributed by atoms with Gasteiger partial charge in [-0.05, 0) is 31.5 Å². The average molecular weight is 264 g/mol. The summed E-state index contributed by atoms with van der Waals surface area (Å²) in [6.07, 6.45) is 2.02. The first-order valence-electron chi connectivity index (χ1n) is 7.17. The van der Waals surface area contributed by atoms with Crippen molar-refractivity contribution in [2.45, 2.75) is 45.3 Å². The molecule has 0 atom stereocenters. The Hall–Kier alpha value is -1.06. The Morgan fingerprint density at radius 2 is 1.79 bits per heavy atom. The van der Waals surface area contributed by atoms with Crippen molar-refractivity contribution in [3.05, 3.63) is 29.8 Å². The molecule has 1 aliphatic heterocycles. The van der Waals surface area contributed by atoms with E-state index in [1.54, 1.807) is 0 Å². The molecule has 0 saturated carbocycles. The highest BCUT2D eigenvalue weighted by Gasteiger charge is 2.32. The lowest BCUT2D eigenvalue weighted by Crippen LogP contribution is -2.40. The molecule has 1 aromatic carbocycles. The lowest BCUT2D eigenvalue weighted by Gasteiger charge is -2.37. The van der Waals surface area contributed by atoms with Crippen LogP contribution in [0.25, 0.3) is 0 Å². The van der Waals surface area contributed by atoms with Crippen molar-refractivity contribution in [1.82, 2.24) is 0 Å². The Kier molecular flexibility index (Phi) is 4.83. The molecule has 0 aromatic heterocycles. The van der Waals surface area contributed by atoms with Crippen molar-refractivity contribution in [1.29, 1.82) is 0 Å². The smallest absolute Gasteiger partial charge is 0.165 e. The zero-order chi connectivity index (χ0) is 13.7. The molecule has 2 rings (SSSR count). The van der Waals surface area contributed by atoms with Gasteiger partial charge < -0.3 is 14.2 Å². The fourth-order valence-electron chi connectivity index (χ4n) is 2.44. The molecule has 0 amide bonds. The summed E-state index contributed by atoms with van der Waals surface area (Å²) in [5.41, 5.74) is 1.25. The normalized spacial score (nSPS) is 27.2. The minimum Gasteiger partial charge on any atom is -0.494 e. The minimum absolute atomic E-state index is 0.320. The first-order valence-corrected chi connectivity index (χ1v) is 7.17. The lowest BCUT2D eigenvalue weighted by molar-refractivity contribution is -0.265. The maximum Gasteiger partial charge on any atom is 0.165 e. The molecule has 0 bridgehead atoms. The van der Waals surface area contributed by atoms with Gasteiger partial charge in [0.15, 0.2) is 5.79 Å². The van der Waals surface area contributed by atoms with Crippen LogP contribution in [-0.2, 0) is 9.47 Å². The quantitative estimate of drug-likeness (QED) is 0.811. The second kappa shape index (κ2) is 6.40. The van der Waals surface area contributed by atoms with Crippen LogP contribution in [0.1, 0.15) is 45.1 Å². The third-order valence-electron chi connectivity index (χ3n) is 3.55. The summed E-state index contributed by atoms with van der Waals surface area (Å²) < 4.78 is 17.2. The van der Waals surface area contributed by atoms with Crippen molar-refractivity contribution < 1.29 is 14.2 Å². The monoisotopic (exact) mass is 264 g/mol. The molecule has 0 radical (unpaired) electrons. The molecular formula is C16H24O3. The Balaban J connectivity index is 1.93. The van der Waals surface area contributed by atoms with Gasteiger partial charge in [0.05, 0.1) is 19.8 Å². The van der Waals surface area contributed by atoms with Gasteiger partial charge in [0.2, 0.25) is 0 Å². The molecule has 0 spiro atoms. The van der Waals surface area contributed by atoms with Gasteiger partial charge in [-0.2, -0.15) is 0 Å². The first kappa shape index (κ1) is 14.4. The Bertz CT molecular complexity index is 377. The number of rotatable bonds is 5. The van der Waals surface area contributed by atoms with Gasteiger partial charge in [-0.15, -0.1) is 0 Å². The summed E-state index contributed by atoms with van der Waals surface area (Å²) in [7, 11) is 0. The summed E-state index contributed by atoms with van der Waals surface area (Å²) in [4.78, 5) is 0. The van der Waals surface area contributed by atoms with Crippen LogP contribution in [0.2, 0.25) is 0 Å². The van der Waals surface area contributed by atoms with E-state index < -0.39 is 5.79 Å². The van der Waals surface area contributed by atoms with Crippen LogP contribution >= 0.6 is 0 Å². The van der Waals surface area contributed by atoms with E-state index in [0.717, 1.165) is 31.8 Å². The van der Waals surface area contributed by atoms with Crippen molar-refractivity contribution in [3.63, 3.8) is 0 Å². The summed E-state index contributed by atoms with van der Waals surface area (Å²) in [6.45, 7) is 8.33. The van der Waals surface area contributed by atoms with Gasteiger partial charge in [0.25, 0.3) is 0 Å².